The van der Waals surface area contributed by atoms with E-state index in [-0.39, 0.29) is 40.6 Å². The van der Waals surface area contributed by atoms with E-state index in [4.69, 9.17) is 9.73 Å². The highest BCUT2D eigenvalue weighted by molar-refractivity contribution is 6.01. The van der Waals surface area contributed by atoms with Crippen LogP contribution in [0.4, 0.5) is 11.6 Å². The number of hydrogen-bond donors (Lipinski definition) is 5. The van der Waals surface area contributed by atoms with E-state index < -0.39 is 10.9 Å². The number of aliphatic imine (C=N–C) groups is 1. The zero-order chi connectivity index (χ0) is 46.8. The number of nitrogens with zero attached hydrogens (tertiary/aromatic N) is 4. The molecule has 342 valence electrons. The number of carboxylic acid groups (broad SMARTS) is 1. The Bertz CT molecular complexity index is 1980. The summed E-state index contributed by atoms with van der Waals surface area (Å²) in [5.41, 5.74) is 10.1. The molecule has 11 heteroatoms. The number of carbonyl (C=O) groups is 1. The van der Waals surface area contributed by atoms with Crippen LogP contribution in [-0.2, 0) is 0 Å². The monoisotopic (exact) mass is 856 g/mol. The first-order valence-electron chi connectivity index (χ1n) is 22.4. The summed E-state index contributed by atoms with van der Waals surface area (Å²) in [6.07, 6.45) is 12.7. The average Bonchev–Trinajstić information content (AvgIpc) is 3.44. The van der Waals surface area contributed by atoms with Crippen molar-refractivity contribution in [2.75, 3.05) is 12.0 Å². The molecule has 0 aliphatic carbocycles. The number of aromatic carboxylic acids is 1. The highest BCUT2D eigenvalue weighted by Crippen LogP contribution is 2.31. The van der Waals surface area contributed by atoms with E-state index in [2.05, 4.69) is 122 Å². The summed E-state index contributed by atoms with van der Waals surface area (Å²) in [4.78, 5) is 24.0. The van der Waals surface area contributed by atoms with Gasteiger partial charge in [-0.05, 0) is 93.9 Å². The molecular formula is C51H79N6O5+. The summed E-state index contributed by atoms with van der Waals surface area (Å²) >= 11 is 0. The normalized spacial score (nSPS) is 16.8. The maximum absolute atomic E-state index is 11.6. The van der Waals surface area contributed by atoms with Crippen LogP contribution in [0.25, 0.3) is 11.3 Å². The number of nitrogens with one attached hydrogen (secondary N) is 2. The van der Waals surface area contributed by atoms with Crippen molar-refractivity contribution in [3.05, 3.63) is 100 Å². The molecule has 2 heterocycles. The van der Waals surface area contributed by atoms with Crippen molar-refractivity contribution in [1.29, 1.82) is 0 Å². The summed E-state index contributed by atoms with van der Waals surface area (Å²) in [5.74, 6) is 0.646. The van der Waals surface area contributed by atoms with E-state index in [9.17, 15) is 20.3 Å². The third-order valence-corrected chi connectivity index (χ3v) is 10.5. The van der Waals surface area contributed by atoms with Gasteiger partial charge in [0, 0.05) is 41.6 Å². The van der Waals surface area contributed by atoms with Crippen molar-refractivity contribution in [2.45, 2.75) is 154 Å². The molecule has 1 fully saturated rings. The molecule has 3 aromatic rings. The van der Waals surface area contributed by atoms with Crippen LogP contribution < -0.4 is 20.4 Å². The molecule has 11 nitrogen and oxygen atoms in total. The lowest BCUT2D eigenvalue weighted by molar-refractivity contribution is -0.273. The van der Waals surface area contributed by atoms with Crippen LogP contribution in [0.3, 0.4) is 0 Å². The van der Waals surface area contributed by atoms with Gasteiger partial charge < -0.3 is 15.2 Å². The highest BCUT2D eigenvalue weighted by atomic mass is 16.9. The smallest absolute Gasteiger partial charge is 0.335 e. The van der Waals surface area contributed by atoms with Gasteiger partial charge in [-0.2, -0.15) is 4.98 Å². The van der Waals surface area contributed by atoms with Gasteiger partial charge in [0.05, 0.1) is 21.9 Å². The fraction of sp³-hybridized carbons (Fsp3) is 0.529. The lowest BCUT2D eigenvalue weighted by Gasteiger charge is -2.24. The molecule has 4 rings (SSSR count). The molecule has 0 amide bonds. The second kappa shape index (κ2) is 25.4. The maximum Gasteiger partial charge on any atom is 0.335 e. The van der Waals surface area contributed by atoms with Gasteiger partial charge in [0.2, 0.25) is 11.6 Å². The number of allylic oxidation sites excluding steroid dienone is 5. The number of hydrogen-bond acceptors (Lipinski definition) is 9. The van der Waals surface area contributed by atoms with E-state index in [1.54, 1.807) is 6.07 Å². The zero-order valence-corrected chi connectivity index (χ0v) is 40.6. The Hall–Kier alpha value is -4.68. The Morgan fingerprint density at radius 1 is 0.984 bits per heavy atom. The molecule has 1 aromatic heterocycles. The second-order valence-electron chi connectivity index (χ2n) is 18.4. The molecule has 1 aliphatic rings. The molecule has 0 bridgehead atoms. The van der Waals surface area contributed by atoms with Gasteiger partial charge in [-0.15, -0.1) is 15.8 Å². The van der Waals surface area contributed by atoms with Gasteiger partial charge in [0.1, 0.15) is 6.61 Å². The number of ether oxygens (including phenoxy) is 1. The quantitative estimate of drug-likeness (QED) is 0.0462. The van der Waals surface area contributed by atoms with Gasteiger partial charge in [-0.3, -0.25) is 4.99 Å². The lowest BCUT2D eigenvalue weighted by atomic mass is 9.86. The topological polar surface area (TPSA) is 149 Å². The molecule has 62 heavy (non-hydrogen) atoms. The number of benzene rings is 2. The molecule has 1 aliphatic heterocycles. The highest BCUT2D eigenvalue weighted by Gasteiger charge is 2.31. The first-order chi connectivity index (χ1) is 29.0. The van der Waals surface area contributed by atoms with Gasteiger partial charge in [-0.25, -0.2) is 9.78 Å². The maximum atomic E-state index is 11.6. The number of anilines is 1. The van der Waals surface area contributed by atoms with Crippen LogP contribution in [0, 0.1) is 31.1 Å². The number of rotatable bonds is 14. The SMILES string of the molecule is CC(C)C.CCC(C)C.C\C=C(/N=C(C)\C(=C/CC)\C=C(/C)C(C)(C)C)C1CCCCC(COc2cc(-c3c(C)cccc3C)nc(N[N+](O)(O)c3cccc(C(=O)O)c3)n2)N1. The largest absolute Gasteiger partial charge is 0.478 e. The Kier molecular flexibility index (Phi) is 21.9. The van der Waals surface area contributed by atoms with Crippen LogP contribution in [0.5, 0.6) is 5.88 Å². The first kappa shape index (κ1) is 53.5. The zero-order valence-electron chi connectivity index (χ0n) is 40.6. The summed E-state index contributed by atoms with van der Waals surface area (Å²) in [7, 11) is 0. The standard InChI is InChI=1S/C42H56N6O5.C5H12.C4H10/c1-10-16-31(23-29(5)42(7,8)9)30(6)43-35(11-2)36-22-13-12-20-33(44-36)26-53-38-25-37(39-27(3)17-14-18-28(39)4)45-41(46-38)47-48(51,52)34-21-15-19-32(24-34)40(49)50;1-4-5(2)3;1-4(2)3/h11,14-19,21,23-25,33,36,44,51-52H,10,12-13,20,22,26H2,1-9H3,(H-,45,46,47,49,50);5H,4H2,1-3H3;4H,1-3H3/p+1/b29-23+,31-16-,35-11-,43-30-;;. The number of aromatic nitrogens is 2. The van der Waals surface area contributed by atoms with Crippen molar-refractivity contribution in [2.24, 2.45) is 22.2 Å². The molecule has 2 unspecified atom stereocenters. The Labute approximate surface area is 373 Å². The second-order valence-corrected chi connectivity index (χ2v) is 18.4. The summed E-state index contributed by atoms with van der Waals surface area (Å²) in [6, 6.07) is 13.1. The molecule has 0 spiro atoms. The minimum Gasteiger partial charge on any atom is -0.478 e. The third-order valence-electron chi connectivity index (χ3n) is 10.5. The van der Waals surface area contributed by atoms with E-state index in [0.29, 0.717) is 12.3 Å². The predicted octanol–water partition coefficient (Wildman–Crippen LogP) is 13.3. The summed E-state index contributed by atoms with van der Waals surface area (Å²) in [6.45, 7) is 32.5. The molecule has 2 aromatic carbocycles. The first-order valence-corrected chi connectivity index (χ1v) is 22.4. The molecular weight excluding hydrogens is 777 g/mol. The van der Waals surface area contributed by atoms with Crippen LogP contribution in [-0.4, -0.2) is 55.9 Å². The van der Waals surface area contributed by atoms with Crippen molar-refractivity contribution in [1.82, 2.24) is 20.2 Å². The van der Waals surface area contributed by atoms with Gasteiger partial charge in [0.15, 0.2) is 0 Å². The Morgan fingerprint density at radius 3 is 2.13 bits per heavy atom. The van der Waals surface area contributed by atoms with Crippen molar-refractivity contribution in [3.8, 4) is 17.1 Å². The number of aryl methyl sites for hydroxylation is 2. The van der Waals surface area contributed by atoms with Crippen molar-refractivity contribution >= 4 is 23.3 Å². The number of quaternary nitrogens is 1. The lowest BCUT2D eigenvalue weighted by Crippen LogP contribution is -2.48. The Balaban J connectivity index is 0.00000133. The third kappa shape index (κ3) is 18.0. The summed E-state index contributed by atoms with van der Waals surface area (Å²) in [5, 5.41) is 35.3. The fourth-order valence-electron chi connectivity index (χ4n) is 6.26. The van der Waals surface area contributed by atoms with Crippen molar-refractivity contribution < 1.29 is 25.1 Å². The van der Waals surface area contributed by atoms with E-state index >= 15 is 0 Å². The van der Waals surface area contributed by atoms with Gasteiger partial charge >= 0.3 is 5.97 Å². The van der Waals surface area contributed by atoms with Crippen LogP contribution >= 0.6 is 0 Å². The van der Waals surface area contributed by atoms with Crippen LogP contribution in [0.2, 0.25) is 0 Å². The summed E-state index contributed by atoms with van der Waals surface area (Å²) < 4.78 is 6.37. The minimum atomic E-state index is -1.88. The van der Waals surface area contributed by atoms with E-state index in [1.165, 1.54) is 30.2 Å². The molecule has 5 N–H and O–H groups in total. The molecule has 0 radical (unpaired) electrons. The van der Waals surface area contributed by atoms with Crippen molar-refractivity contribution in [3.63, 3.8) is 0 Å². The van der Waals surface area contributed by atoms with Crippen LogP contribution in [0.1, 0.15) is 150 Å². The van der Waals surface area contributed by atoms with Crippen LogP contribution in [0.15, 0.2) is 88.6 Å². The molecule has 2 atom stereocenters. The predicted molar refractivity (Wildman–Crippen MR) is 258 cm³/mol. The minimum absolute atomic E-state index is 0.000905. The van der Waals surface area contributed by atoms with Gasteiger partial charge in [-0.1, -0.05) is 137 Å². The molecule has 1 saturated heterocycles. The fourth-order valence-corrected chi connectivity index (χ4v) is 6.26. The Morgan fingerprint density at radius 2 is 1.58 bits per heavy atom. The molecule has 0 saturated carbocycles. The number of carboxylic acids is 1. The van der Waals surface area contributed by atoms with E-state index in [0.717, 1.165) is 83.7 Å². The average molecular weight is 856 g/mol. The van der Waals surface area contributed by atoms with Gasteiger partial charge in [0.25, 0.3) is 5.95 Å². The van der Waals surface area contributed by atoms with E-state index in [1.807, 2.05) is 39.0 Å².